The van der Waals surface area contributed by atoms with E-state index >= 15 is 0 Å². The Morgan fingerprint density at radius 3 is 2.33 bits per heavy atom. The van der Waals surface area contributed by atoms with Gasteiger partial charge in [-0.15, -0.1) is 0 Å². The summed E-state index contributed by atoms with van der Waals surface area (Å²) >= 11 is 0. The summed E-state index contributed by atoms with van der Waals surface area (Å²) in [6, 6.07) is 6.71. The molecule has 1 aliphatic rings. The zero-order valence-corrected chi connectivity index (χ0v) is 13.9. The first-order valence-corrected chi connectivity index (χ1v) is 8.42. The average molecular weight is 332 g/mol. The fourth-order valence-electron chi connectivity index (χ4n) is 2.72. The number of carbonyl (C=O) groups is 2. The highest BCUT2D eigenvalue weighted by Gasteiger charge is 2.24. The number of carboxylic acids is 1. The molecular formula is C19H24O5. The molecule has 24 heavy (non-hydrogen) atoms. The van der Waals surface area contributed by atoms with Crippen molar-refractivity contribution in [1.29, 1.82) is 0 Å². The predicted octanol–water partition coefficient (Wildman–Crippen LogP) is 3.68. The first-order valence-electron chi connectivity index (χ1n) is 8.42. The van der Waals surface area contributed by atoms with Crippen LogP contribution in [0.3, 0.4) is 0 Å². The number of carboxylic acid groups (broad SMARTS) is 1. The number of benzene rings is 1. The minimum absolute atomic E-state index is 0.0504. The highest BCUT2D eigenvalue weighted by atomic mass is 16.5. The van der Waals surface area contributed by atoms with Crippen molar-refractivity contribution in [2.24, 2.45) is 0 Å². The lowest BCUT2D eigenvalue weighted by atomic mass is 9.95. The Bertz CT molecular complexity index is 568. The molecule has 1 aromatic rings. The Hall–Kier alpha value is -2.14. The first kappa shape index (κ1) is 18.2. The van der Waals surface area contributed by atoms with Crippen LogP contribution in [0.25, 0.3) is 6.08 Å². The van der Waals surface area contributed by atoms with Crippen LogP contribution in [0.4, 0.5) is 0 Å². The Morgan fingerprint density at radius 1 is 1.12 bits per heavy atom. The molecule has 1 fully saturated rings. The van der Waals surface area contributed by atoms with Crippen molar-refractivity contribution in [3.63, 3.8) is 0 Å². The van der Waals surface area contributed by atoms with E-state index in [1.54, 1.807) is 24.3 Å². The van der Waals surface area contributed by atoms with Crippen molar-refractivity contribution in [1.82, 2.24) is 0 Å². The molecule has 1 aliphatic carbocycles. The van der Waals surface area contributed by atoms with Crippen LogP contribution >= 0.6 is 0 Å². The second-order valence-corrected chi connectivity index (χ2v) is 5.97. The summed E-state index contributed by atoms with van der Waals surface area (Å²) < 4.78 is 11.3. The van der Waals surface area contributed by atoms with Crippen molar-refractivity contribution in [3.8, 4) is 0 Å². The van der Waals surface area contributed by atoms with Gasteiger partial charge in [-0.25, -0.2) is 9.59 Å². The molecule has 0 bridgehead atoms. The monoisotopic (exact) mass is 332 g/mol. The molecule has 0 aromatic heterocycles. The minimum atomic E-state index is -1.00. The number of hydrogen-bond donors (Lipinski definition) is 1. The third-order valence-corrected chi connectivity index (χ3v) is 4.02. The van der Waals surface area contributed by atoms with E-state index in [4.69, 9.17) is 14.6 Å². The van der Waals surface area contributed by atoms with Gasteiger partial charge in [0.2, 0.25) is 0 Å². The van der Waals surface area contributed by atoms with Crippen LogP contribution in [0.2, 0.25) is 0 Å². The van der Waals surface area contributed by atoms with E-state index in [0.717, 1.165) is 50.4 Å². The van der Waals surface area contributed by atoms with Gasteiger partial charge in [-0.3, -0.25) is 0 Å². The molecule has 0 unspecified atom stereocenters. The molecule has 0 aliphatic heterocycles. The summed E-state index contributed by atoms with van der Waals surface area (Å²) in [7, 11) is 0. The Morgan fingerprint density at radius 2 is 1.75 bits per heavy atom. The van der Waals surface area contributed by atoms with Gasteiger partial charge in [0.15, 0.2) is 0 Å². The quantitative estimate of drug-likeness (QED) is 0.609. The summed E-state index contributed by atoms with van der Waals surface area (Å²) in [5.74, 6) is -1.33. The SMILES string of the molecule is CCCOC1CCC(OC(=O)c2ccc(/C=C/C(=O)O)cc2)CC1. The zero-order valence-electron chi connectivity index (χ0n) is 13.9. The molecule has 5 nitrogen and oxygen atoms in total. The standard InChI is InChI=1S/C19H24O5/c1-2-13-23-16-8-10-17(11-9-16)24-19(22)15-6-3-14(4-7-15)5-12-18(20)21/h3-7,12,16-17H,2,8-11,13H2,1H3,(H,20,21)/b12-5+. The maximum Gasteiger partial charge on any atom is 0.338 e. The molecule has 130 valence electrons. The van der Waals surface area contributed by atoms with E-state index in [1.807, 2.05) is 0 Å². The molecule has 0 radical (unpaired) electrons. The Labute approximate surface area is 142 Å². The number of aliphatic carboxylic acids is 1. The minimum Gasteiger partial charge on any atom is -0.478 e. The topological polar surface area (TPSA) is 72.8 Å². The molecule has 0 atom stereocenters. The lowest BCUT2D eigenvalue weighted by Crippen LogP contribution is -2.28. The van der Waals surface area contributed by atoms with Gasteiger partial charge in [-0.2, -0.15) is 0 Å². The van der Waals surface area contributed by atoms with Crippen LogP contribution < -0.4 is 0 Å². The normalized spacial score (nSPS) is 20.9. The zero-order chi connectivity index (χ0) is 17.4. The average Bonchev–Trinajstić information content (AvgIpc) is 2.59. The van der Waals surface area contributed by atoms with Crippen LogP contribution in [0.5, 0.6) is 0 Å². The van der Waals surface area contributed by atoms with Gasteiger partial charge in [0.25, 0.3) is 0 Å². The fraction of sp³-hybridized carbons (Fsp3) is 0.474. The van der Waals surface area contributed by atoms with Gasteiger partial charge in [-0.1, -0.05) is 19.1 Å². The molecule has 2 rings (SSSR count). The smallest absolute Gasteiger partial charge is 0.338 e. The highest BCUT2D eigenvalue weighted by molar-refractivity contribution is 5.90. The van der Waals surface area contributed by atoms with Crippen molar-refractivity contribution < 1.29 is 24.2 Å². The predicted molar refractivity (Wildman–Crippen MR) is 90.8 cm³/mol. The molecule has 0 heterocycles. The summed E-state index contributed by atoms with van der Waals surface area (Å²) in [6.45, 7) is 2.88. The molecular weight excluding hydrogens is 308 g/mol. The van der Waals surface area contributed by atoms with Crippen LogP contribution in [0.1, 0.15) is 54.9 Å². The van der Waals surface area contributed by atoms with Gasteiger partial charge in [-0.05, 0) is 55.9 Å². The Balaban J connectivity index is 1.81. The molecule has 1 aromatic carbocycles. The van der Waals surface area contributed by atoms with Gasteiger partial charge in [0.1, 0.15) is 6.10 Å². The molecule has 1 saturated carbocycles. The van der Waals surface area contributed by atoms with Crippen LogP contribution in [-0.4, -0.2) is 35.9 Å². The highest BCUT2D eigenvalue weighted by Crippen LogP contribution is 2.24. The summed E-state index contributed by atoms with van der Waals surface area (Å²) in [5, 5.41) is 8.60. The van der Waals surface area contributed by atoms with Crippen molar-refractivity contribution in [2.75, 3.05) is 6.61 Å². The lowest BCUT2D eigenvalue weighted by molar-refractivity contribution is -0.131. The molecule has 0 amide bonds. The number of rotatable bonds is 7. The number of esters is 1. The fourth-order valence-corrected chi connectivity index (χ4v) is 2.72. The molecule has 0 saturated heterocycles. The molecule has 1 N–H and O–H groups in total. The Kier molecular flexibility index (Phi) is 7.00. The van der Waals surface area contributed by atoms with Gasteiger partial charge < -0.3 is 14.6 Å². The second kappa shape index (κ2) is 9.23. The molecule has 0 spiro atoms. The largest absolute Gasteiger partial charge is 0.478 e. The van der Waals surface area contributed by atoms with Gasteiger partial charge >= 0.3 is 11.9 Å². The van der Waals surface area contributed by atoms with E-state index in [9.17, 15) is 9.59 Å². The number of carbonyl (C=O) groups excluding carboxylic acids is 1. The lowest BCUT2D eigenvalue weighted by Gasteiger charge is -2.28. The number of ether oxygens (including phenoxy) is 2. The van der Waals surface area contributed by atoms with Crippen LogP contribution in [0, 0.1) is 0 Å². The van der Waals surface area contributed by atoms with Crippen molar-refractivity contribution >= 4 is 18.0 Å². The van der Waals surface area contributed by atoms with Gasteiger partial charge in [0, 0.05) is 12.7 Å². The van der Waals surface area contributed by atoms with Gasteiger partial charge in [0.05, 0.1) is 11.7 Å². The van der Waals surface area contributed by atoms with Crippen molar-refractivity contribution in [2.45, 2.75) is 51.2 Å². The maximum atomic E-state index is 12.2. The maximum absolute atomic E-state index is 12.2. The summed E-state index contributed by atoms with van der Waals surface area (Å²) in [5.41, 5.74) is 1.20. The summed E-state index contributed by atoms with van der Waals surface area (Å²) in [6.07, 6.45) is 7.33. The second-order valence-electron chi connectivity index (χ2n) is 5.97. The third-order valence-electron chi connectivity index (χ3n) is 4.02. The van der Waals surface area contributed by atoms with E-state index in [-0.39, 0.29) is 12.1 Å². The van der Waals surface area contributed by atoms with E-state index in [0.29, 0.717) is 11.7 Å². The van der Waals surface area contributed by atoms with Crippen molar-refractivity contribution in [3.05, 3.63) is 41.5 Å². The first-order chi connectivity index (χ1) is 11.6. The van der Waals surface area contributed by atoms with Crippen LogP contribution in [0.15, 0.2) is 30.3 Å². The molecule has 5 heteroatoms. The number of hydrogen-bond acceptors (Lipinski definition) is 4. The van der Waals surface area contributed by atoms with E-state index in [2.05, 4.69) is 6.92 Å². The van der Waals surface area contributed by atoms with Crippen LogP contribution in [-0.2, 0) is 14.3 Å². The third kappa shape index (κ3) is 5.81. The summed E-state index contributed by atoms with van der Waals surface area (Å²) in [4.78, 5) is 22.7. The van der Waals surface area contributed by atoms with E-state index in [1.165, 1.54) is 6.08 Å². The van der Waals surface area contributed by atoms with E-state index < -0.39 is 5.97 Å².